The fraction of sp³-hybridized carbons (Fsp3) is 1.00. The number of hydrogen-bond acceptors (Lipinski definition) is 2. The van der Waals surface area contributed by atoms with Gasteiger partial charge in [0.2, 0.25) is 0 Å². The molecule has 0 atom stereocenters. The highest BCUT2D eigenvalue weighted by atomic mass is 32.2. The van der Waals surface area contributed by atoms with E-state index in [-0.39, 0.29) is 0 Å². The lowest BCUT2D eigenvalue weighted by atomic mass is 10.0. The van der Waals surface area contributed by atoms with Crippen LogP contribution in [0.5, 0.6) is 0 Å². The zero-order chi connectivity index (χ0) is 14.6. The summed E-state index contributed by atoms with van der Waals surface area (Å²) in [6.07, 6.45) is -13.0. The quantitative estimate of drug-likeness (QED) is 0.759. The minimum absolute atomic E-state index is 0.603. The molecule has 0 aromatic rings. The molecule has 0 spiro atoms. The van der Waals surface area contributed by atoms with Crippen LogP contribution in [0.15, 0.2) is 0 Å². The first-order chi connectivity index (χ1) is 7.66. The molecule has 84 valence electrons. The molecule has 0 radical (unpaired) electrons. The molecule has 14 heavy (non-hydrogen) atoms. The summed E-state index contributed by atoms with van der Waals surface area (Å²) in [6, 6.07) is 0. The van der Waals surface area contributed by atoms with Gasteiger partial charge < -0.3 is 0 Å². The Bertz CT molecular complexity index is 441. The second kappa shape index (κ2) is 3.37. The van der Waals surface area contributed by atoms with Gasteiger partial charge in [-0.25, -0.2) is 0 Å². The average Bonchev–Trinajstić information content (AvgIpc) is 2.74. The van der Waals surface area contributed by atoms with Crippen LogP contribution in [0.2, 0.25) is 0 Å². The van der Waals surface area contributed by atoms with Gasteiger partial charge in [-0.2, -0.15) is 21.6 Å². The average molecular weight is 236 g/mol. The lowest BCUT2D eigenvalue weighted by Gasteiger charge is -2.18. The van der Waals surface area contributed by atoms with Crippen LogP contribution in [0.1, 0.15) is 31.1 Å². The van der Waals surface area contributed by atoms with Crippen LogP contribution in [-0.4, -0.2) is 24.9 Å². The molecule has 0 heterocycles. The lowest BCUT2D eigenvalue weighted by molar-refractivity contribution is -0.188. The number of halogens is 3. The third-order valence-corrected chi connectivity index (χ3v) is 2.38. The predicted molar refractivity (Wildman–Crippen MR) is 43.4 cm³/mol. The maximum absolute atomic E-state index is 12.7. The van der Waals surface area contributed by atoms with Crippen molar-refractivity contribution in [2.75, 3.05) is 5.75 Å². The Labute approximate surface area is 85.7 Å². The Kier molecular flexibility index (Phi) is 1.70. The number of alkyl halides is 3. The van der Waals surface area contributed by atoms with Gasteiger partial charge >= 0.3 is 6.18 Å². The number of rotatable bonds is 4. The van der Waals surface area contributed by atoms with Crippen molar-refractivity contribution in [2.24, 2.45) is 5.41 Å². The van der Waals surface area contributed by atoms with Gasteiger partial charge in [0, 0.05) is 5.48 Å². The highest BCUT2D eigenvalue weighted by Gasteiger charge is 2.62. The maximum atomic E-state index is 12.7. The van der Waals surface area contributed by atoms with Crippen molar-refractivity contribution in [3.05, 3.63) is 0 Å². The van der Waals surface area contributed by atoms with Crippen molar-refractivity contribution in [2.45, 2.75) is 31.8 Å². The summed E-state index contributed by atoms with van der Waals surface area (Å²) in [4.78, 5) is 0. The van der Waals surface area contributed by atoms with Crippen molar-refractivity contribution >= 4 is 10.1 Å². The molecule has 0 saturated heterocycles. The van der Waals surface area contributed by atoms with Crippen LogP contribution in [0, 0.1) is 5.41 Å². The van der Waals surface area contributed by atoms with E-state index in [1.54, 1.807) is 0 Å². The molecule has 1 aliphatic carbocycles. The Hall–Kier alpha value is -0.300. The molecule has 1 rings (SSSR count). The molecule has 3 nitrogen and oxygen atoms in total. The van der Waals surface area contributed by atoms with Crippen LogP contribution in [0.3, 0.4) is 0 Å². The Morgan fingerprint density at radius 3 is 2.21 bits per heavy atom. The van der Waals surface area contributed by atoms with Gasteiger partial charge in [-0.15, -0.1) is 0 Å². The largest absolute Gasteiger partial charge is 0.394 e. The molecule has 1 N–H and O–H groups in total. The summed E-state index contributed by atoms with van der Waals surface area (Å²) in [5.41, 5.74) is -2.88. The molecule has 0 aromatic carbocycles. The first-order valence-electron chi connectivity index (χ1n) is 5.68. The molecule has 1 saturated carbocycles. The van der Waals surface area contributed by atoms with Crippen molar-refractivity contribution in [3.63, 3.8) is 0 Å². The molecule has 7 heteroatoms. The standard InChI is InChI=1S/C7H11F3O3S/c8-7(9,10)6(3-4-6)2-1-5-14(11,12)13/h1-5H2,(H,11,12,13)/i1D2,2D2. The van der Waals surface area contributed by atoms with Gasteiger partial charge in [0.05, 0.1) is 11.2 Å². The molecule has 1 aliphatic rings. The van der Waals surface area contributed by atoms with Crippen molar-refractivity contribution in [3.8, 4) is 0 Å². The molecular weight excluding hydrogens is 221 g/mol. The Balaban J connectivity index is 3.15. The van der Waals surface area contributed by atoms with Gasteiger partial charge in [-0.05, 0) is 25.6 Å². The van der Waals surface area contributed by atoms with E-state index < -0.39 is 53.0 Å². The molecule has 0 aromatic heterocycles. The first-order valence-corrected chi connectivity index (χ1v) is 5.29. The molecule has 1 fully saturated rings. The van der Waals surface area contributed by atoms with E-state index in [9.17, 15) is 21.6 Å². The summed E-state index contributed by atoms with van der Waals surface area (Å²) in [5.74, 6) is -1.72. The third-order valence-electron chi connectivity index (χ3n) is 1.87. The van der Waals surface area contributed by atoms with E-state index in [0.717, 1.165) is 0 Å². The van der Waals surface area contributed by atoms with Crippen molar-refractivity contribution in [1.29, 1.82) is 0 Å². The summed E-state index contributed by atoms with van der Waals surface area (Å²) in [5, 5.41) is 0. The van der Waals surface area contributed by atoms with Crippen LogP contribution >= 0.6 is 0 Å². The van der Waals surface area contributed by atoms with Gasteiger partial charge in [0.1, 0.15) is 0 Å². The predicted octanol–water partition coefficient (Wildman–Crippen LogP) is 2.00. The second-order valence-corrected chi connectivity index (χ2v) is 4.56. The fourth-order valence-corrected chi connectivity index (χ4v) is 1.16. The fourth-order valence-electron chi connectivity index (χ4n) is 0.901. The lowest BCUT2D eigenvalue weighted by Crippen LogP contribution is -2.25. The minimum atomic E-state index is -4.97. The Morgan fingerprint density at radius 1 is 1.43 bits per heavy atom. The second-order valence-electron chi connectivity index (χ2n) is 3.11. The van der Waals surface area contributed by atoms with E-state index in [0.29, 0.717) is 0 Å². The topological polar surface area (TPSA) is 54.4 Å². The van der Waals surface area contributed by atoms with E-state index in [1.165, 1.54) is 0 Å². The number of hydrogen-bond donors (Lipinski definition) is 1. The van der Waals surface area contributed by atoms with Crippen LogP contribution in [-0.2, 0) is 10.1 Å². The van der Waals surface area contributed by atoms with Gasteiger partial charge in [-0.3, -0.25) is 4.55 Å². The summed E-state index contributed by atoms with van der Waals surface area (Å²) in [6.45, 7) is 0. The normalized spacial score (nSPS) is 27.1. The highest BCUT2D eigenvalue weighted by molar-refractivity contribution is 7.85. The zero-order valence-corrected chi connectivity index (χ0v) is 7.74. The van der Waals surface area contributed by atoms with Gasteiger partial charge in [0.15, 0.2) is 0 Å². The summed E-state index contributed by atoms with van der Waals surface area (Å²) >= 11 is 0. The molecule has 0 aliphatic heterocycles. The maximum Gasteiger partial charge on any atom is 0.394 e. The SMILES string of the molecule is [2H]C([2H])(CS(=O)(=O)O)C([2H])([2H])C1(C(F)(F)F)CC1. The van der Waals surface area contributed by atoms with E-state index in [1.807, 2.05) is 0 Å². The van der Waals surface area contributed by atoms with Crippen LogP contribution in [0.25, 0.3) is 0 Å². The van der Waals surface area contributed by atoms with E-state index in [4.69, 9.17) is 10.0 Å². The minimum Gasteiger partial charge on any atom is -0.286 e. The highest BCUT2D eigenvalue weighted by Crippen LogP contribution is 2.60. The summed E-state index contributed by atoms with van der Waals surface area (Å²) < 4.78 is 96.9. The third kappa shape index (κ3) is 2.84. The monoisotopic (exact) mass is 236 g/mol. The zero-order valence-electron chi connectivity index (χ0n) is 10.9. The summed E-state index contributed by atoms with van der Waals surface area (Å²) in [7, 11) is -4.93. The molecule has 0 unspecified atom stereocenters. The van der Waals surface area contributed by atoms with Gasteiger partial charge in [0.25, 0.3) is 10.1 Å². The van der Waals surface area contributed by atoms with Gasteiger partial charge in [-0.1, -0.05) is 0 Å². The van der Waals surface area contributed by atoms with Crippen molar-refractivity contribution in [1.82, 2.24) is 0 Å². The first kappa shape index (κ1) is 7.05. The molecule has 0 amide bonds. The van der Waals surface area contributed by atoms with Crippen molar-refractivity contribution < 1.29 is 31.6 Å². The van der Waals surface area contributed by atoms with Crippen LogP contribution < -0.4 is 0 Å². The smallest absolute Gasteiger partial charge is 0.286 e. The van der Waals surface area contributed by atoms with E-state index in [2.05, 4.69) is 0 Å². The van der Waals surface area contributed by atoms with E-state index >= 15 is 0 Å². The van der Waals surface area contributed by atoms with Crippen LogP contribution in [0.4, 0.5) is 13.2 Å². The molecule has 0 bridgehead atoms. The molecular formula is C7H11F3O3S. The Morgan fingerprint density at radius 2 is 1.93 bits per heavy atom.